The van der Waals surface area contributed by atoms with E-state index < -0.39 is 0 Å². The Hall–Kier alpha value is -1.42. The molecule has 92 valence electrons. The van der Waals surface area contributed by atoms with Crippen molar-refractivity contribution in [3.63, 3.8) is 0 Å². The van der Waals surface area contributed by atoms with Crippen LogP contribution in [0.15, 0.2) is 24.5 Å². The van der Waals surface area contributed by atoms with Crippen molar-refractivity contribution < 1.29 is 4.79 Å². The second kappa shape index (κ2) is 5.77. The van der Waals surface area contributed by atoms with Gasteiger partial charge >= 0.3 is 0 Å². The molecule has 1 aromatic rings. The lowest BCUT2D eigenvalue weighted by Crippen LogP contribution is -2.52. The Morgan fingerprint density at radius 1 is 1.53 bits per heavy atom. The van der Waals surface area contributed by atoms with Gasteiger partial charge < -0.3 is 10.2 Å². The fraction of sp³-hybridized carbons (Fsp3) is 0.538. The number of amides is 1. The lowest BCUT2D eigenvalue weighted by atomic mass is 10.1. The summed E-state index contributed by atoms with van der Waals surface area (Å²) in [5.41, 5.74) is 1.18. The van der Waals surface area contributed by atoms with E-state index in [1.165, 1.54) is 5.56 Å². The normalized spacial score (nSPS) is 20.3. The molecule has 4 heteroatoms. The molecule has 0 aromatic carbocycles. The van der Waals surface area contributed by atoms with E-state index in [1.807, 2.05) is 17.0 Å². The Bertz CT molecular complexity index is 366. The zero-order valence-corrected chi connectivity index (χ0v) is 10.2. The maximum atomic E-state index is 12.1. The second-order valence-corrected chi connectivity index (χ2v) is 4.50. The molecule has 1 atom stereocenters. The average Bonchev–Trinajstić information content (AvgIpc) is 2.38. The van der Waals surface area contributed by atoms with Gasteiger partial charge in [0, 0.05) is 44.5 Å². The van der Waals surface area contributed by atoms with Crippen molar-refractivity contribution in [3.8, 4) is 0 Å². The Morgan fingerprint density at radius 3 is 3.00 bits per heavy atom. The van der Waals surface area contributed by atoms with Gasteiger partial charge in [-0.25, -0.2) is 0 Å². The van der Waals surface area contributed by atoms with Gasteiger partial charge in [0.05, 0.1) is 0 Å². The van der Waals surface area contributed by atoms with Crippen molar-refractivity contribution in [1.29, 1.82) is 0 Å². The van der Waals surface area contributed by atoms with Gasteiger partial charge in [-0.3, -0.25) is 9.78 Å². The molecule has 1 N–H and O–H groups in total. The number of piperazine rings is 1. The molecule has 1 aromatic heterocycles. The summed E-state index contributed by atoms with van der Waals surface area (Å²) in [6, 6.07) is 4.25. The summed E-state index contributed by atoms with van der Waals surface area (Å²) in [5.74, 6) is 0.260. The van der Waals surface area contributed by atoms with Crippen LogP contribution < -0.4 is 5.32 Å². The molecule has 2 heterocycles. The van der Waals surface area contributed by atoms with Crippen LogP contribution in [-0.4, -0.2) is 41.5 Å². The first-order chi connectivity index (χ1) is 8.27. The molecule has 17 heavy (non-hydrogen) atoms. The van der Waals surface area contributed by atoms with E-state index in [2.05, 4.69) is 17.2 Å². The summed E-state index contributed by atoms with van der Waals surface area (Å²) >= 11 is 0. The number of nitrogens with one attached hydrogen (secondary N) is 1. The molecule has 0 saturated carbocycles. The van der Waals surface area contributed by atoms with Crippen LogP contribution in [0.3, 0.4) is 0 Å². The van der Waals surface area contributed by atoms with Crippen LogP contribution in [0, 0.1) is 0 Å². The predicted octanol–water partition coefficient (Wildman–Crippen LogP) is 0.834. The molecule has 0 bridgehead atoms. The molecule has 0 aliphatic carbocycles. The number of aromatic nitrogens is 1. The quantitative estimate of drug-likeness (QED) is 0.841. The van der Waals surface area contributed by atoms with E-state index in [1.54, 1.807) is 12.4 Å². The van der Waals surface area contributed by atoms with Crippen LogP contribution in [-0.2, 0) is 11.2 Å². The molecular formula is C13H19N3O. The van der Waals surface area contributed by atoms with Gasteiger partial charge in [0.15, 0.2) is 0 Å². The highest BCUT2D eigenvalue weighted by atomic mass is 16.2. The molecule has 1 amide bonds. The second-order valence-electron chi connectivity index (χ2n) is 4.50. The van der Waals surface area contributed by atoms with Crippen molar-refractivity contribution in [2.45, 2.75) is 25.8 Å². The van der Waals surface area contributed by atoms with Crippen molar-refractivity contribution >= 4 is 5.91 Å². The lowest BCUT2D eigenvalue weighted by molar-refractivity contribution is -0.133. The van der Waals surface area contributed by atoms with Crippen LogP contribution in [0.1, 0.15) is 18.9 Å². The Balaban J connectivity index is 1.84. The minimum atomic E-state index is 0.260. The molecular weight excluding hydrogens is 214 g/mol. The minimum Gasteiger partial charge on any atom is -0.337 e. The van der Waals surface area contributed by atoms with Crippen LogP contribution >= 0.6 is 0 Å². The fourth-order valence-corrected chi connectivity index (χ4v) is 2.16. The van der Waals surface area contributed by atoms with Gasteiger partial charge in [0.25, 0.3) is 0 Å². The molecule has 0 radical (unpaired) electrons. The van der Waals surface area contributed by atoms with Gasteiger partial charge in [0.1, 0.15) is 0 Å². The molecule has 2 rings (SSSR count). The molecule has 1 aliphatic rings. The van der Waals surface area contributed by atoms with Crippen LogP contribution in [0.25, 0.3) is 0 Å². The van der Waals surface area contributed by atoms with E-state index in [9.17, 15) is 4.79 Å². The smallest absolute Gasteiger partial charge is 0.223 e. The van der Waals surface area contributed by atoms with Gasteiger partial charge in [-0.15, -0.1) is 0 Å². The van der Waals surface area contributed by atoms with E-state index in [0.717, 1.165) is 26.1 Å². The Kier molecular flexibility index (Phi) is 4.09. The van der Waals surface area contributed by atoms with E-state index in [-0.39, 0.29) is 5.91 Å². The average molecular weight is 233 g/mol. The number of rotatable bonds is 3. The van der Waals surface area contributed by atoms with Crippen molar-refractivity contribution in [2.24, 2.45) is 0 Å². The largest absolute Gasteiger partial charge is 0.337 e. The first kappa shape index (κ1) is 12.0. The van der Waals surface area contributed by atoms with Crippen LogP contribution in [0.2, 0.25) is 0 Å². The number of nitrogens with zero attached hydrogens (tertiary/aromatic N) is 2. The monoisotopic (exact) mass is 233 g/mol. The highest BCUT2D eigenvalue weighted by molar-refractivity contribution is 5.76. The SMILES string of the molecule is C[C@H]1CNCCN1C(=O)CCc1ccncc1. The molecule has 1 fully saturated rings. The summed E-state index contributed by atoms with van der Waals surface area (Å²) in [6.07, 6.45) is 4.94. The van der Waals surface area contributed by atoms with Gasteiger partial charge in [-0.05, 0) is 31.0 Å². The summed E-state index contributed by atoms with van der Waals surface area (Å²) < 4.78 is 0. The third kappa shape index (κ3) is 3.27. The zero-order chi connectivity index (χ0) is 12.1. The first-order valence-electron chi connectivity index (χ1n) is 6.16. The number of pyridine rings is 1. The molecule has 0 unspecified atom stereocenters. The fourth-order valence-electron chi connectivity index (χ4n) is 2.16. The molecule has 1 aliphatic heterocycles. The standard InChI is InChI=1S/C13H19N3O/c1-11-10-15-8-9-16(11)13(17)3-2-12-4-6-14-7-5-12/h4-7,11,15H,2-3,8-10H2,1H3/t11-/m0/s1. The number of hydrogen-bond donors (Lipinski definition) is 1. The number of carbonyl (C=O) groups is 1. The van der Waals surface area contributed by atoms with Gasteiger partial charge in [-0.1, -0.05) is 0 Å². The van der Waals surface area contributed by atoms with E-state index >= 15 is 0 Å². The first-order valence-corrected chi connectivity index (χ1v) is 6.16. The predicted molar refractivity (Wildman–Crippen MR) is 66.6 cm³/mol. The topological polar surface area (TPSA) is 45.2 Å². The van der Waals surface area contributed by atoms with Crippen LogP contribution in [0.5, 0.6) is 0 Å². The summed E-state index contributed by atoms with van der Waals surface area (Å²) in [4.78, 5) is 18.0. The van der Waals surface area contributed by atoms with Crippen molar-refractivity contribution in [3.05, 3.63) is 30.1 Å². The Morgan fingerprint density at radius 2 is 2.29 bits per heavy atom. The zero-order valence-electron chi connectivity index (χ0n) is 10.2. The Labute approximate surface area is 102 Å². The molecule has 0 spiro atoms. The maximum absolute atomic E-state index is 12.1. The molecule has 1 saturated heterocycles. The lowest BCUT2D eigenvalue weighted by Gasteiger charge is -2.34. The number of carbonyl (C=O) groups excluding carboxylic acids is 1. The summed E-state index contributed by atoms with van der Waals surface area (Å²) in [6.45, 7) is 4.74. The maximum Gasteiger partial charge on any atom is 0.223 e. The van der Waals surface area contributed by atoms with E-state index in [4.69, 9.17) is 0 Å². The van der Waals surface area contributed by atoms with Gasteiger partial charge in [-0.2, -0.15) is 0 Å². The minimum absolute atomic E-state index is 0.260. The highest BCUT2D eigenvalue weighted by Gasteiger charge is 2.22. The van der Waals surface area contributed by atoms with Crippen molar-refractivity contribution in [1.82, 2.24) is 15.2 Å². The number of hydrogen-bond acceptors (Lipinski definition) is 3. The third-order valence-electron chi connectivity index (χ3n) is 3.20. The van der Waals surface area contributed by atoms with Crippen LogP contribution in [0.4, 0.5) is 0 Å². The number of aryl methyl sites for hydroxylation is 1. The highest BCUT2D eigenvalue weighted by Crippen LogP contribution is 2.08. The van der Waals surface area contributed by atoms with E-state index in [0.29, 0.717) is 12.5 Å². The third-order valence-corrected chi connectivity index (χ3v) is 3.20. The molecule has 4 nitrogen and oxygen atoms in total. The van der Waals surface area contributed by atoms with Crippen molar-refractivity contribution in [2.75, 3.05) is 19.6 Å². The summed E-state index contributed by atoms with van der Waals surface area (Å²) in [5, 5.41) is 3.29. The summed E-state index contributed by atoms with van der Waals surface area (Å²) in [7, 11) is 0. The van der Waals surface area contributed by atoms with Gasteiger partial charge in [0.2, 0.25) is 5.91 Å².